The minimum absolute atomic E-state index is 0.366. The van der Waals surface area contributed by atoms with E-state index in [1.165, 1.54) is 0 Å². The van der Waals surface area contributed by atoms with Gasteiger partial charge in [0, 0.05) is 19.6 Å². The number of benzene rings is 2. The third-order valence-corrected chi connectivity index (χ3v) is 6.25. The van der Waals surface area contributed by atoms with Crippen LogP contribution >= 0.6 is 39.1 Å². The lowest BCUT2D eigenvalue weighted by molar-refractivity contribution is 0.0374. The van der Waals surface area contributed by atoms with Crippen LogP contribution in [0.25, 0.3) is 0 Å². The van der Waals surface area contributed by atoms with Gasteiger partial charge in [0.15, 0.2) is 11.5 Å². The van der Waals surface area contributed by atoms with Crippen LogP contribution in [-0.4, -0.2) is 51.4 Å². The summed E-state index contributed by atoms with van der Waals surface area (Å²) in [5, 5.41) is 4.55. The highest BCUT2D eigenvalue weighted by Gasteiger charge is 2.13. The van der Waals surface area contributed by atoms with Crippen molar-refractivity contribution in [2.75, 3.05) is 46.5 Å². The van der Waals surface area contributed by atoms with Crippen molar-refractivity contribution < 1.29 is 14.2 Å². The highest BCUT2D eigenvalue weighted by Crippen LogP contribution is 2.37. The zero-order chi connectivity index (χ0) is 21.3. The van der Waals surface area contributed by atoms with Crippen LogP contribution in [0.15, 0.2) is 34.8 Å². The van der Waals surface area contributed by atoms with Crippen molar-refractivity contribution in [1.82, 2.24) is 10.2 Å². The fourth-order valence-corrected chi connectivity index (χ4v) is 4.21. The molecular formula is C22H27BrCl2N2O3. The molecule has 0 unspecified atom stereocenters. The Hall–Kier alpha value is -1.02. The Morgan fingerprint density at radius 2 is 1.90 bits per heavy atom. The Morgan fingerprint density at radius 3 is 2.63 bits per heavy atom. The second-order valence-corrected chi connectivity index (χ2v) is 8.80. The van der Waals surface area contributed by atoms with E-state index in [2.05, 4.69) is 32.2 Å². The summed E-state index contributed by atoms with van der Waals surface area (Å²) in [6.45, 7) is 6.97. The van der Waals surface area contributed by atoms with E-state index in [0.29, 0.717) is 28.2 Å². The lowest BCUT2D eigenvalue weighted by Gasteiger charge is -2.26. The summed E-state index contributed by atoms with van der Waals surface area (Å²) in [5.41, 5.74) is 2.07. The van der Waals surface area contributed by atoms with Gasteiger partial charge in [-0.1, -0.05) is 29.3 Å². The van der Waals surface area contributed by atoms with Gasteiger partial charge < -0.3 is 19.5 Å². The number of methoxy groups -OCH3 is 1. The minimum atomic E-state index is 0.366. The Kier molecular flexibility index (Phi) is 9.56. The van der Waals surface area contributed by atoms with E-state index in [1.807, 2.05) is 12.1 Å². The Bertz CT molecular complexity index is 832. The summed E-state index contributed by atoms with van der Waals surface area (Å²) < 4.78 is 17.8. The number of rotatable bonds is 10. The maximum absolute atomic E-state index is 6.08. The van der Waals surface area contributed by atoms with Crippen molar-refractivity contribution >= 4 is 39.1 Å². The summed E-state index contributed by atoms with van der Waals surface area (Å²) >= 11 is 15.7. The summed E-state index contributed by atoms with van der Waals surface area (Å²) in [5.74, 6) is 1.36. The highest BCUT2D eigenvalue weighted by molar-refractivity contribution is 9.10. The van der Waals surface area contributed by atoms with Gasteiger partial charge in [0.1, 0.15) is 6.61 Å². The molecule has 0 radical (unpaired) electrons. The first-order valence-corrected chi connectivity index (χ1v) is 11.6. The average molecular weight is 518 g/mol. The number of ether oxygens (including phenoxy) is 3. The lowest BCUT2D eigenvalue weighted by Crippen LogP contribution is -2.37. The quantitative estimate of drug-likeness (QED) is 0.441. The molecule has 1 heterocycles. The van der Waals surface area contributed by atoms with Crippen LogP contribution < -0.4 is 14.8 Å². The van der Waals surface area contributed by atoms with Crippen LogP contribution in [0, 0.1) is 0 Å². The number of halogens is 3. The first kappa shape index (κ1) is 23.6. The van der Waals surface area contributed by atoms with Gasteiger partial charge in [-0.3, -0.25) is 4.90 Å². The van der Waals surface area contributed by atoms with Crippen LogP contribution in [0.4, 0.5) is 0 Å². The Balaban J connectivity index is 1.50. The number of nitrogens with one attached hydrogen (secondary N) is 1. The fourth-order valence-electron chi connectivity index (χ4n) is 3.29. The molecule has 1 aliphatic heterocycles. The summed E-state index contributed by atoms with van der Waals surface area (Å²) in [6, 6.07) is 9.53. The Labute approximate surface area is 196 Å². The monoisotopic (exact) mass is 516 g/mol. The molecule has 0 spiro atoms. The third kappa shape index (κ3) is 7.01. The van der Waals surface area contributed by atoms with Gasteiger partial charge in [-0.2, -0.15) is 0 Å². The zero-order valence-electron chi connectivity index (χ0n) is 17.1. The molecule has 5 nitrogen and oxygen atoms in total. The zero-order valence-corrected chi connectivity index (χ0v) is 20.2. The van der Waals surface area contributed by atoms with Gasteiger partial charge in [-0.25, -0.2) is 0 Å². The van der Waals surface area contributed by atoms with Gasteiger partial charge in [-0.05, 0) is 70.8 Å². The van der Waals surface area contributed by atoms with Crippen LogP contribution in [0.3, 0.4) is 0 Å². The predicted molar refractivity (Wildman–Crippen MR) is 125 cm³/mol. The predicted octanol–water partition coefficient (Wildman–Crippen LogP) is 5.16. The molecule has 3 rings (SSSR count). The molecule has 164 valence electrons. The minimum Gasteiger partial charge on any atom is -0.493 e. The van der Waals surface area contributed by atoms with E-state index >= 15 is 0 Å². The molecule has 0 aromatic heterocycles. The molecule has 0 saturated carbocycles. The normalized spacial score (nSPS) is 14.7. The van der Waals surface area contributed by atoms with E-state index in [4.69, 9.17) is 37.4 Å². The molecule has 2 aromatic carbocycles. The first-order valence-electron chi connectivity index (χ1n) is 10.0. The van der Waals surface area contributed by atoms with Crippen molar-refractivity contribution in [3.05, 3.63) is 56.0 Å². The molecule has 0 aliphatic carbocycles. The number of nitrogens with zero attached hydrogens (tertiary/aromatic N) is 1. The smallest absolute Gasteiger partial charge is 0.175 e. The average Bonchev–Trinajstić information content (AvgIpc) is 2.75. The van der Waals surface area contributed by atoms with Gasteiger partial charge in [-0.15, -0.1) is 0 Å². The maximum atomic E-state index is 6.08. The van der Waals surface area contributed by atoms with Gasteiger partial charge in [0.2, 0.25) is 0 Å². The third-order valence-electron chi connectivity index (χ3n) is 4.92. The van der Waals surface area contributed by atoms with Crippen LogP contribution in [0.1, 0.15) is 17.5 Å². The molecular weight excluding hydrogens is 491 g/mol. The molecule has 1 fully saturated rings. The van der Waals surface area contributed by atoms with E-state index in [0.717, 1.165) is 68.0 Å². The van der Waals surface area contributed by atoms with E-state index < -0.39 is 0 Å². The van der Waals surface area contributed by atoms with Crippen LogP contribution in [0.2, 0.25) is 10.0 Å². The summed E-state index contributed by atoms with van der Waals surface area (Å²) in [7, 11) is 1.65. The van der Waals surface area contributed by atoms with Crippen molar-refractivity contribution in [1.29, 1.82) is 0 Å². The summed E-state index contributed by atoms with van der Waals surface area (Å²) in [6.07, 6.45) is 1.11. The molecule has 2 aromatic rings. The number of morpholine rings is 1. The maximum Gasteiger partial charge on any atom is 0.175 e. The van der Waals surface area contributed by atoms with Crippen molar-refractivity contribution in [3.63, 3.8) is 0 Å². The molecule has 30 heavy (non-hydrogen) atoms. The van der Waals surface area contributed by atoms with Gasteiger partial charge in [0.05, 0.1) is 34.8 Å². The SMILES string of the molecule is COc1cc(CNCCCN2CCOCC2)cc(Br)c1OCc1ccc(Cl)c(Cl)c1. The van der Waals surface area contributed by atoms with Crippen LogP contribution in [0.5, 0.6) is 11.5 Å². The second-order valence-electron chi connectivity index (χ2n) is 7.13. The van der Waals surface area contributed by atoms with Crippen molar-refractivity contribution in [3.8, 4) is 11.5 Å². The number of hydrogen-bond donors (Lipinski definition) is 1. The highest BCUT2D eigenvalue weighted by atomic mass is 79.9. The molecule has 8 heteroatoms. The molecule has 1 saturated heterocycles. The molecule has 1 aliphatic rings. The second kappa shape index (κ2) is 12.1. The van der Waals surface area contributed by atoms with Crippen molar-refractivity contribution in [2.45, 2.75) is 19.6 Å². The number of hydrogen-bond acceptors (Lipinski definition) is 5. The largest absolute Gasteiger partial charge is 0.493 e. The topological polar surface area (TPSA) is 43.0 Å². The molecule has 0 atom stereocenters. The molecule has 0 bridgehead atoms. The standard InChI is InChI=1S/C22H27BrCl2N2O3/c1-28-21-13-17(14-26-5-2-6-27-7-9-29-10-8-27)11-18(23)22(21)30-15-16-3-4-19(24)20(25)12-16/h3-4,11-13,26H,2,5-10,14-15H2,1H3. The molecule has 1 N–H and O–H groups in total. The van der Waals surface area contributed by atoms with E-state index in [-0.39, 0.29) is 0 Å². The lowest BCUT2D eigenvalue weighted by atomic mass is 10.2. The van der Waals surface area contributed by atoms with Gasteiger partial charge >= 0.3 is 0 Å². The van der Waals surface area contributed by atoms with Crippen LogP contribution in [-0.2, 0) is 17.9 Å². The van der Waals surface area contributed by atoms with E-state index in [9.17, 15) is 0 Å². The van der Waals surface area contributed by atoms with Crippen molar-refractivity contribution in [2.24, 2.45) is 0 Å². The Morgan fingerprint density at radius 1 is 1.10 bits per heavy atom. The van der Waals surface area contributed by atoms with E-state index in [1.54, 1.807) is 19.2 Å². The van der Waals surface area contributed by atoms with Gasteiger partial charge in [0.25, 0.3) is 0 Å². The first-order chi connectivity index (χ1) is 14.6. The molecule has 0 amide bonds. The fraction of sp³-hybridized carbons (Fsp3) is 0.455. The summed E-state index contributed by atoms with van der Waals surface area (Å²) in [4.78, 5) is 2.45.